The van der Waals surface area contributed by atoms with Gasteiger partial charge in [0.25, 0.3) is 0 Å². The number of carbonyl (C=O) groups is 1. The van der Waals surface area contributed by atoms with Gasteiger partial charge in [0, 0.05) is 0 Å². The SMILES string of the molecule is NC1=C(C(=O)O)NC2=CCCC=C2N1. The smallest absolute Gasteiger partial charge is 0.356 e. The second kappa shape index (κ2) is 3.10. The quantitative estimate of drug-likeness (QED) is 0.469. The van der Waals surface area contributed by atoms with Crippen LogP contribution in [0, 0.1) is 0 Å². The van der Waals surface area contributed by atoms with Gasteiger partial charge in [0.1, 0.15) is 5.82 Å². The van der Waals surface area contributed by atoms with Crippen LogP contribution in [0.25, 0.3) is 0 Å². The molecule has 2 aliphatic rings. The van der Waals surface area contributed by atoms with Crippen molar-refractivity contribution in [3.63, 3.8) is 0 Å². The van der Waals surface area contributed by atoms with E-state index in [0.29, 0.717) is 0 Å². The Balaban J connectivity index is 2.35. The molecule has 0 unspecified atom stereocenters. The molecule has 1 heterocycles. The van der Waals surface area contributed by atoms with Crippen molar-refractivity contribution in [1.82, 2.24) is 10.6 Å². The molecular weight excluding hydrogens is 182 g/mol. The third kappa shape index (κ3) is 1.32. The maximum Gasteiger partial charge on any atom is 0.356 e. The van der Waals surface area contributed by atoms with Gasteiger partial charge in [0.05, 0.1) is 11.4 Å². The number of fused-ring (bicyclic) bond motifs is 1. The van der Waals surface area contributed by atoms with Gasteiger partial charge in [-0.05, 0) is 12.8 Å². The van der Waals surface area contributed by atoms with E-state index < -0.39 is 5.97 Å². The molecule has 0 spiro atoms. The Morgan fingerprint density at radius 2 is 1.86 bits per heavy atom. The summed E-state index contributed by atoms with van der Waals surface area (Å²) in [5.74, 6) is -0.900. The Hall–Kier alpha value is -1.91. The number of hydrogen-bond acceptors (Lipinski definition) is 4. The largest absolute Gasteiger partial charge is 0.476 e. The number of nitrogens with one attached hydrogen (secondary N) is 2. The molecule has 0 amide bonds. The maximum absolute atomic E-state index is 10.8. The standard InChI is InChI=1S/C9H11N3O2/c10-8-7(9(13)14)11-5-3-1-2-4-6(5)12-8/h3-4,11-12H,1-2,10H2,(H,13,14). The van der Waals surface area contributed by atoms with E-state index in [2.05, 4.69) is 10.6 Å². The highest BCUT2D eigenvalue weighted by atomic mass is 16.4. The topological polar surface area (TPSA) is 87.4 Å². The summed E-state index contributed by atoms with van der Waals surface area (Å²) in [4.78, 5) is 10.8. The van der Waals surface area contributed by atoms with Crippen LogP contribution in [0.15, 0.2) is 35.1 Å². The second-order valence-electron chi connectivity index (χ2n) is 3.16. The average Bonchev–Trinajstić information content (AvgIpc) is 2.16. The van der Waals surface area contributed by atoms with Gasteiger partial charge in [-0.15, -0.1) is 0 Å². The van der Waals surface area contributed by atoms with Crippen molar-refractivity contribution >= 4 is 5.97 Å². The van der Waals surface area contributed by atoms with E-state index in [1.54, 1.807) is 0 Å². The molecule has 5 N–H and O–H groups in total. The van der Waals surface area contributed by atoms with E-state index in [1.807, 2.05) is 12.2 Å². The molecule has 0 aromatic heterocycles. The molecule has 0 bridgehead atoms. The summed E-state index contributed by atoms with van der Waals surface area (Å²) in [7, 11) is 0. The second-order valence-corrected chi connectivity index (χ2v) is 3.16. The summed E-state index contributed by atoms with van der Waals surface area (Å²) < 4.78 is 0. The summed E-state index contributed by atoms with van der Waals surface area (Å²) in [6, 6.07) is 0. The molecule has 1 aliphatic heterocycles. The third-order valence-electron chi connectivity index (χ3n) is 2.17. The van der Waals surface area contributed by atoms with Crippen molar-refractivity contribution in [1.29, 1.82) is 0 Å². The summed E-state index contributed by atoms with van der Waals surface area (Å²) in [6.45, 7) is 0. The molecule has 0 aromatic carbocycles. The predicted molar refractivity (Wildman–Crippen MR) is 50.5 cm³/mol. The first-order chi connectivity index (χ1) is 6.68. The van der Waals surface area contributed by atoms with Gasteiger partial charge in [-0.25, -0.2) is 4.79 Å². The van der Waals surface area contributed by atoms with E-state index in [1.165, 1.54) is 0 Å². The lowest BCUT2D eigenvalue weighted by Crippen LogP contribution is -2.39. The lowest BCUT2D eigenvalue weighted by atomic mass is 10.1. The molecule has 2 rings (SSSR count). The van der Waals surface area contributed by atoms with Crippen LogP contribution in [0.5, 0.6) is 0 Å². The van der Waals surface area contributed by atoms with Crippen molar-refractivity contribution in [3.05, 3.63) is 35.1 Å². The van der Waals surface area contributed by atoms with Crippen LogP contribution in [-0.4, -0.2) is 11.1 Å². The van der Waals surface area contributed by atoms with E-state index in [-0.39, 0.29) is 11.5 Å². The molecule has 0 radical (unpaired) electrons. The van der Waals surface area contributed by atoms with E-state index in [9.17, 15) is 4.79 Å². The van der Waals surface area contributed by atoms with Crippen LogP contribution in [0.2, 0.25) is 0 Å². The fourth-order valence-corrected chi connectivity index (χ4v) is 1.49. The zero-order chi connectivity index (χ0) is 10.1. The minimum absolute atomic E-state index is 0.00954. The molecular formula is C9H11N3O2. The highest BCUT2D eigenvalue weighted by Gasteiger charge is 2.22. The number of hydrogen-bond donors (Lipinski definition) is 4. The summed E-state index contributed by atoms with van der Waals surface area (Å²) >= 11 is 0. The first-order valence-corrected chi connectivity index (χ1v) is 4.36. The summed E-state index contributed by atoms with van der Waals surface area (Å²) in [6.07, 6.45) is 5.81. The fourth-order valence-electron chi connectivity index (χ4n) is 1.49. The van der Waals surface area contributed by atoms with Crippen LogP contribution in [0.3, 0.4) is 0 Å². The number of carboxylic acids is 1. The molecule has 14 heavy (non-hydrogen) atoms. The molecule has 0 aromatic rings. The fraction of sp³-hybridized carbons (Fsp3) is 0.222. The van der Waals surface area contributed by atoms with Gasteiger partial charge < -0.3 is 21.5 Å². The van der Waals surface area contributed by atoms with Gasteiger partial charge in [-0.1, -0.05) is 12.2 Å². The van der Waals surface area contributed by atoms with E-state index in [4.69, 9.17) is 10.8 Å². The number of rotatable bonds is 1. The Labute approximate surface area is 81.0 Å². The van der Waals surface area contributed by atoms with Crippen LogP contribution in [0.4, 0.5) is 0 Å². The lowest BCUT2D eigenvalue weighted by Gasteiger charge is -2.26. The van der Waals surface area contributed by atoms with Crippen LogP contribution in [0.1, 0.15) is 12.8 Å². The van der Waals surface area contributed by atoms with Crippen molar-refractivity contribution in [3.8, 4) is 0 Å². The number of carboxylic acid groups (broad SMARTS) is 1. The maximum atomic E-state index is 10.8. The number of nitrogens with two attached hydrogens (primary N) is 1. The Morgan fingerprint density at radius 1 is 1.29 bits per heavy atom. The highest BCUT2D eigenvalue weighted by Crippen LogP contribution is 2.19. The molecule has 5 nitrogen and oxygen atoms in total. The molecule has 1 aliphatic carbocycles. The molecule has 5 heteroatoms. The number of aliphatic carboxylic acids is 1. The third-order valence-corrected chi connectivity index (χ3v) is 2.17. The zero-order valence-electron chi connectivity index (χ0n) is 7.50. The van der Waals surface area contributed by atoms with Gasteiger partial charge >= 0.3 is 5.97 Å². The van der Waals surface area contributed by atoms with Crippen molar-refractivity contribution < 1.29 is 9.90 Å². The number of allylic oxidation sites excluding steroid dienone is 2. The minimum atomic E-state index is -1.06. The summed E-state index contributed by atoms with van der Waals surface area (Å²) in [5, 5.41) is 14.5. The van der Waals surface area contributed by atoms with Crippen LogP contribution in [-0.2, 0) is 4.79 Å². The van der Waals surface area contributed by atoms with Crippen LogP contribution >= 0.6 is 0 Å². The van der Waals surface area contributed by atoms with Gasteiger partial charge in [-0.2, -0.15) is 0 Å². The van der Waals surface area contributed by atoms with Crippen molar-refractivity contribution in [2.24, 2.45) is 5.73 Å². The zero-order valence-corrected chi connectivity index (χ0v) is 7.50. The lowest BCUT2D eigenvalue weighted by molar-refractivity contribution is -0.133. The van der Waals surface area contributed by atoms with Crippen molar-refractivity contribution in [2.45, 2.75) is 12.8 Å². The molecule has 0 saturated heterocycles. The average molecular weight is 193 g/mol. The van der Waals surface area contributed by atoms with Crippen molar-refractivity contribution in [2.75, 3.05) is 0 Å². The summed E-state index contributed by atoms with van der Waals surface area (Å²) in [5.41, 5.74) is 7.21. The highest BCUT2D eigenvalue weighted by molar-refractivity contribution is 5.87. The Morgan fingerprint density at radius 3 is 2.43 bits per heavy atom. The molecule has 74 valence electrons. The van der Waals surface area contributed by atoms with Gasteiger partial charge in [-0.3, -0.25) is 0 Å². The molecule has 0 saturated carbocycles. The first kappa shape index (κ1) is 8.68. The minimum Gasteiger partial charge on any atom is -0.476 e. The Kier molecular flexibility index (Phi) is 1.92. The van der Waals surface area contributed by atoms with Crippen LogP contribution < -0.4 is 16.4 Å². The molecule has 0 fully saturated rings. The first-order valence-electron chi connectivity index (χ1n) is 4.36. The van der Waals surface area contributed by atoms with E-state index in [0.717, 1.165) is 24.2 Å². The monoisotopic (exact) mass is 193 g/mol. The normalized spacial score (nSPS) is 20.0. The van der Waals surface area contributed by atoms with E-state index >= 15 is 0 Å². The van der Waals surface area contributed by atoms with Gasteiger partial charge in [0.2, 0.25) is 0 Å². The van der Waals surface area contributed by atoms with Gasteiger partial charge in [0.15, 0.2) is 5.70 Å². The molecule has 0 atom stereocenters. The Bertz CT molecular complexity index is 380. The predicted octanol–water partition coefficient (Wildman–Crippen LogP) is -0.0468.